The zero-order chi connectivity index (χ0) is 26.3. The number of halogens is 4. The van der Waals surface area contributed by atoms with Gasteiger partial charge in [-0.15, -0.1) is 0 Å². The van der Waals surface area contributed by atoms with E-state index in [2.05, 4.69) is 15.0 Å². The van der Waals surface area contributed by atoms with Gasteiger partial charge in [0.05, 0.1) is 12.3 Å². The highest BCUT2D eigenvalue weighted by atomic mass is 35.5. The monoisotopic (exact) mass is 525 g/mol. The Morgan fingerprint density at radius 2 is 1.89 bits per heavy atom. The first kappa shape index (κ1) is 26.0. The average molecular weight is 526 g/mol. The molecular weight excluding hydrogens is 499 g/mol. The van der Waals surface area contributed by atoms with Crippen molar-refractivity contribution in [2.45, 2.75) is 45.4 Å². The fraction of sp³-hybridized carbons (Fsp3) is 0.500. The Morgan fingerprint density at radius 1 is 1.19 bits per heavy atom. The smallest absolute Gasteiger partial charge is 0.421 e. The van der Waals surface area contributed by atoms with Crippen molar-refractivity contribution in [2.75, 3.05) is 19.7 Å². The van der Waals surface area contributed by atoms with Crippen LogP contribution in [0, 0.1) is 5.92 Å². The molecule has 0 atom stereocenters. The molecule has 0 unspecified atom stereocenters. The summed E-state index contributed by atoms with van der Waals surface area (Å²) >= 11 is 6.03. The van der Waals surface area contributed by atoms with Gasteiger partial charge in [0.2, 0.25) is 11.2 Å². The van der Waals surface area contributed by atoms with Gasteiger partial charge >= 0.3 is 12.3 Å². The summed E-state index contributed by atoms with van der Waals surface area (Å²) in [5.74, 6) is -0.513. The Balaban J connectivity index is 1.49. The highest BCUT2D eigenvalue weighted by molar-refractivity contribution is 6.28. The summed E-state index contributed by atoms with van der Waals surface area (Å²) in [6, 6.07) is 2.68. The summed E-state index contributed by atoms with van der Waals surface area (Å²) in [6.45, 7) is 6.34. The molecule has 0 N–H and O–H groups in total. The molecule has 12 heteroatoms. The topological polar surface area (TPSA) is 82.4 Å². The predicted octanol–water partition coefficient (Wildman–Crippen LogP) is 5.73. The number of carbonyl (C=O) groups excluding carboxylic acids is 1. The molecule has 1 aliphatic heterocycles. The van der Waals surface area contributed by atoms with Gasteiger partial charge in [-0.25, -0.2) is 14.8 Å². The van der Waals surface area contributed by atoms with E-state index in [1.807, 2.05) is 0 Å². The lowest BCUT2D eigenvalue weighted by atomic mass is 9.98. The van der Waals surface area contributed by atoms with E-state index in [0.717, 1.165) is 6.07 Å². The molecule has 0 aromatic carbocycles. The number of rotatable bonds is 4. The van der Waals surface area contributed by atoms with Crippen LogP contribution in [0.25, 0.3) is 22.3 Å². The Hall–Kier alpha value is -3.08. The van der Waals surface area contributed by atoms with Gasteiger partial charge in [0, 0.05) is 43.5 Å². The Kier molecular flexibility index (Phi) is 7.05. The van der Waals surface area contributed by atoms with Crippen molar-refractivity contribution in [2.24, 2.45) is 13.0 Å². The molecule has 0 radical (unpaired) electrons. The molecule has 0 bridgehead atoms. The Bertz CT molecular complexity index is 1260. The molecule has 3 aromatic rings. The highest BCUT2D eigenvalue weighted by Crippen LogP contribution is 2.39. The maximum Gasteiger partial charge on any atom is 0.421 e. The van der Waals surface area contributed by atoms with Gasteiger partial charge in [0.1, 0.15) is 16.8 Å². The molecule has 0 spiro atoms. The van der Waals surface area contributed by atoms with Crippen LogP contribution in [0.4, 0.5) is 18.0 Å². The minimum atomic E-state index is -4.69. The molecule has 1 saturated heterocycles. The van der Waals surface area contributed by atoms with Crippen molar-refractivity contribution < 1.29 is 27.4 Å². The molecule has 36 heavy (non-hydrogen) atoms. The SMILES string of the molecule is Cn1ccc2c(-c3cnc(OCC4CCN(C(=O)OC(C)(C)C)CC4)c(C(F)(F)F)c3)nc(Cl)nc21. The Labute approximate surface area is 211 Å². The van der Waals surface area contributed by atoms with Crippen LogP contribution >= 0.6 is 11.6 Å². The number of alkyl halides is 3. The molecule has 1 aliphatic rings. The number of amides is 1. The maximum absolute atomic E-state index is 13.9. The number of hydrogen-bond donors (Lipinski definition) is 0. The standard InChI is InChI=1S/C24H27ClF3N5O3/c1-23(2,3)36-22(34)33-9-5-14(6-10-33)13-35-20-17(24(26,27)28)11-15(12-29-20)18-16-7-8-32(4)19(16)31-21(25)30-18/h7-8,11-12,14H,5-6,9-10,13H2,1-4H3. The molecule has 3 aromatic heterocycles. The molecule has 0 aliphatic carbocycles. The summed E-state index contributed by atoms with van der Waals surface area (Å²) < 4.78 is 54.5. The number of likely N-dealkylation sites (tertiary alicyclic amines) is 1. The van der Waals surface area contributed by atoms with Crippen LogP contribution in [-0.4, -0.2) is 55.8 Å². The highest BCUT2D eigenvalue weighted by Gasteiger charge is 2.37. The first-order valence-corrected chi connectivity index (χ1v) is 11.9. The quantitative estimate of drug-likeness (QED) is 0.405. The van der Waals surface area contributed by atoms with Crippen LogP contribution in [0.2, 0.25) is 5.28 Å². The third-order valence-corrected chi connectivity index (χ3v) is 6.02. The van der Waals surface area contributed by atoms with Crippen LogP contribution < -0.4 is 4.74 Å². The van der Waals surface area contributed by atoms with Crippen molar-refractivity contribution in [3.05, 3.63) is 35.4 Å². The number of fused-ring (bicyclic) bond motifs is 1. The lowest BCUT2D eigenvalue weighted by Gasteiger charge is -2.33. The van der Waals surface area contributed by atoms with Crippen LogP contribution in [-0.2, 0) is 18.0 Å². The first-order valence-electron chi connectivity index (χ1n) is 11.5. The predicted molar refractivity (Wildman–Crippen MR) is 128 cm³/mol. The minimum absolute atomic E-state index is 0.0177. The van der Waals surface area contributed by atoms with Crippen molar-refractivity contribution in [3.63, 3.8) is 0 Å². The van der Waals surface area contributed by atoms with Crippen molar-refractivity contribution in [1.29, 1.82) is 0 Å². The van der Waals surface area contributed by atoms with E-state index in [4.69, 9.17) is 21.1 Å². The number of piperidine rings is 1. The van der Waals surface area contributed by atoms with E-state index in [1.165, 1.54) is 6.20 Å². The first-order chi connectivity index (χ1) is 16.8. The van der Waals surface area contributed by atoms with E-state index < -0.39 is 29.3 Å². The molecule has 4 heterocycles. The molecular formula is C24H27ClF3N5O3. The summed E-state index contributed by atoms with van der Waals surface area (Å²) in [5.41, 5.74) is -0.682. The molecule has 1 fully saturated rings. The van der Waals surface area contributed by atoms with Gasteiger partial charge < -0.3 is 18.9 Å². The fourth-order valence-electron chi connectivity index (χ4n) is 4.04. The zero-order valence-corrected chi connectivity index (χ0v) is 21.2. The zero-order valence-electron chi connectivity index (χ0n) is 20.4. The van der Waals surface area contributed by atoms with Gasteiger partial charge in [-0.3, -0.25) is 0 Å². The van der Waals surface area contributed by atoms with Crippen molar-refractivity contribution in [3.8, 4) is 17.1 Å². The van der Waals surface area contributed by atoms with E-state index >= 15 is 0 Å². The summed E-state index contributed by atoms with van der Waals surface area (Å²) in [7, 11) is 1.75. The average Bonchev–Trinajstić information content (AvgIpc) is 3.16. The van der Waals surface area contributed by atoms with Crippen molar-refractivity contribution >= 4 is 28.7 Å². The normalized spacial score (nSPS) is 15.4. The number of ether oxygens (including phenoxy) is 2. The van der Waals surface area contributed by atoms with Gasteiger partial charge in [-0.05, 0) is 63.3 Å². The van der Waals surface area contributed by atoms with Crippen LogP contribution in [0.15, 0.2) is 24.5 Å². The van der Waals surface area contributed by atoms with Crippen LogP contribution in [0.5, 0.6) is 5.88 Å². The van der Waals surface area contributed by atoms with Gasteiger partial charge in [0.15, 0.2) is 0 Å². The number of aromatic nitrogens is 4. The number of aryl methyl sites for hydroxylation is 1. The van der Waals surface area contributed by atoms with Crippen LogP contribution in [0.3, 0.4) is 0 Å². The number of nitrogens with zero attached hydrogens (tertiary/aromatic N) is 5. The number of hydrogen-bond acceptors (Lipinski definition) is 6. The summed E-state index contributed by atoms with van der Waals surface area (Å²) in [6.07, 6.45) is -0.890. The fourth-order valence-corrected chi connectivity index (χ4v) is 4.20. The third-order valence-electron chi connectivity index (χ3n) is 5.85. The lowest BCUT2D eigenvalue weighted by molar-refractivity contribution is -0.139. The van der Waals surface area contributed by atoms with Gasteiger partial charge in [-0.2, -0.15) is 18.2 Å². The maximum atomic E-state index is 13.9. The van der Waals surface area contributed by atoms with Gasteiger partial charge in [-0.1, -0.05) is 0 Å². The largest absolute Gasteiger partial charge is 0.477 e. The van der Waals surface area contributed by atoms with E-state index in [-0.39, 0.29) is 29.1 Å². The summed E-state index contributed by atoms with van der Waals surface area (Å²) in [4.78, 5) is 26.1. The number of carbonyl (C=O) groups is 1. The second kappa shape index (κ2) is 9.76. The summed E-state index contributed by atoms with van der Waals surface area (Å²) in [5, 5.41) is 0.480. The number of pyridine rings is 1. The second-order valence-electron chi connectivity index (χ2n) is 9.80. The minimum Gasteiger partial charge on any atom is -0.477 e. The van der Waals surface area contributed by atoms with E-state index in [0.29, 0.717) is 37.0 Å². The van der Waals surface area contributed by atoms with E-state index in [9.17, 15) is 18.0 Å². The second-order valence-corrected chi connectivity index (χ2v) is 10.1. The third kappa shape index (κ3) is 5.83. The lowest BCUT2D eigenvalue weighted by Crippen LogP contribution is -2.42. The van der Waals surface area contributed by atoms with Gasteiger partial charge in [0.25, 0.3) is 0 Å². The molecule has 8 nitrogen and oxygen atoms in total. The van der Waals surface area contributed by atoms with Crippen molar-refractivity contribution in [1.82, 2.24) is 24.4 Å². The molecule has 4 rings (SSSR count). The molecule has 0 saturated carbocycles. The Morgan fingerprint density at radius 3 is 2.53 bits per heavy atom. The molecule has 194 valence electrons. The molecule has 1 amide bonds. The van der Waals surface area contributed by atoms with E-state index in [1.54, 1.807) is 49.5 Å². The van der Waals surface area contributed by atoms with Crippen LogP contribution in [0.1, 0.15) is 39.2 Å².